The van der Waals surface area contributed by atoms with Crippen LogP contribution in [-0.4, -0.2) is 17.8 Å². The third-order valence-corrected chi connectivity index (χ3v) is 1.99. The third-order valence-electron chi connectivity index (χ3n) is 1.99. The van der Waals surface area contributed by atoms with E-state index in [2.05, 4.69) is 11.4 Å². The zero-order valence-electron chi connectivity index (χ0n) is 8.20. The van der Waals surface area contributed by atoms with Gasteiger partial charge in [-0.25, -0.2) is 0 Å². The smallest absolute Gasteiger partial charge is 0.0991 e. The van der Waals surface area contributed by atoms with Crippen molar-refractivity contribution >= 4 is 5.69 Å². The lowest BCUT2D eigenvalue weighted by molar-refractivity contribution is 0.282. The largest absolute Gasteiger partial charge is 0.396 e. The summed E-state index contributed by atoms with van der Waals surface area (Å²) in [5.74, 6) is 0. The van der Waals surface area contributed by atoms with Crippen LogP contribution in [0, 0.1) is 11.3 Å². The Morgan fingerprint density at radius 1 is 1.43 bits per heavy atom. The molecule has 0 spiro atoms. The first-order valence-corrected chi connectivity index (χ1v) is 4.64. The first kappa shape index (κ1) is 10.6. The second kappa shape index (κ2) is 5.25. The number of aliphatic hydroxyl groups excluding tert-OH is 1. The quantitative estimate of drug-likeness (QED) is 0.760. The van der Waals surface area contributed by atoms with Gasteiger partial charge >= 0.3 is 0 Å². The Bertz CT molecular complexity index is 313. The molecule has 0 saturated carbocycles. The van der Waals surface area contributed by atoms with E-state index in [1.165, 1.54) is 0 Å². The molecule has 0 bridgehead atoms. The zero-order chi connectivity index (χ0) is 10.4. The SMILES string of the molecule is CC(CCO)Nc1ccc(C#N)cc1. The molecule has 2 N–H and O–H groups in total. The molecular formula is C11H14N2O. The van der Waals surface area contributed by atoms with Crippen molar-refractivity contribution in [3.8, 4) is 6.07 Å². The van der Waals surface area contributed by atoms with Gasteiger partial charge in [0.1, 0.15) is 0 Å². The van der Waals surface area contributed by atoms with Crippen molar-refractivity contribution in [1.82, 2.24) is 0 Å². The van der Waals surface area contributed by atoms with Crippen molar-refractivity contribution in [2.75, 3.05) is 11.9 Å². The Labute approximate surface area is 84.0 Å². The number of nitriles is 1. The molecule has 0 amide bonds. The summed E-state index contributed by atoms with van der Waals surface area (Å²) in [6, 6.07) is 9.59. The predicted molar refractivity (Wildman–Crippen MR) is 55.9 cm³/mol. The summed E-state index contributed by atoms with van der Waals surface area (Å²) < 4.78 is 0. The summed E-state index contributed by atoms with van der Waals surface area (Å²) in [5.41, 5.74) is 1.63. The Morgan fingerprint density at radius 3 is 2.57 bits per heavy atom. The molecule has 0 fully saturated rings. The van der Waals surface area contributed by atoms with E-state index in [0.717, 1.165) is 12.1 Å². The Morgan fingerprint density at radius 2 is 2.07 bits per heavy atom. The van der Waals surface area contributed by atoms with E-state index in [1.807, 2.05) is 19.1 Å². The second-order valence-electron chi connectivity index (χ2n) is 3.25. The fourth-order valence-electron chi connectivity index (χ4n) is 1.19. The van der Waals surface area contributed by atoms with Gasteiger partial charge in [-0.2, -0.15) is 5.26 Å². The van der Waals surface area contributed by atoms with E-state index < -0.39 is 0 Å². The number of aliphatic hydroxyl groups is 1. The molecule has 0 saturated heterocycles. The van der Waals surface area contributed by atoms with Gasteiger partial charge in [0.25, 0.3) is 0 Å². The highest BCUT2D eigenvalue weighted by molar-refractivity contribution is 5.47. The van der Waals surface area contributed by atoms with Gasteiger partial charge in [0.15, 0.2) is 0 Å². The number of hydrogen-bond donors (Lipinski definition) is 2. The lowest BCUT2D eigenvalue weighted by Crippen LogP contribution is -2.16. The summed E-state index contributed by atoms with van der Waals surface area (Å²) in [4.78, 5) is 0. The molecule has 0 aromatic heterocycles. The van der Waals surface area contributed by atoms with Crippen molar-refractivity contribution in [1.29, 1.82) is 5.26 Å². The normalized spacial score (nSPS) is 11.8. The van der Waals surface area contributed by atoms with Gasteiger partial charge in [-0.05, 0) is 37.6 Å². The molecule has 74 valence electrons. The van der Waals surface area contributed by atoms with Crippen molar-refractivity contribution < 1.29 is 5.11 Å². The van der Waals surface area contributed by atoms with E-state index in [4.69, 9.17) is 10.4 Å². The fourth-order valence-corrected chi connectivity index (χ4v) is 1.19. The predicted octanol–water partition coefficient (Wildman–Crippen LogP) is 1.74. The lowest BCUT2D eigenvalue weighted by atomic mass is 10.2. The Balaban J connectivity index is 2.56. The van der Waals surface area contributed by atoms with Gasteiger partial charge < -0.3 is 10.4 Å². The van der Waals surface area contributed by atoms with Crippen LogP contribution < -0.4 is 5.32 Å². The molecule has 0 aliphatic carbocycles. The average Bonchev–Trinajstić information content (AvgIpc) is 2.19. The summed E-state index contributed by atoms with van der Waals surface area (Å²) >= 11 is 0. The molecule has 3 heteroatoms. The molecule has 0 aliphatic heterocycles. The van der Waals surface area contributed by atoms with Gasteiger partial charge in [-0.1, -0.05) is 0 Å². The van der Waals surface area contributed by atoms with E-state index in [-0.39, 0.29) is 12.6 Å². The summed E-state index contributed by atoms with van der Waals surface area (Å²) in [6.07, 6.45) is 0.722. The monoisotopic (exact) mass is 190 g/mol. The molecular weight excluding hydrogens is 176 g/mol. The van der Waals surface area contributed by atoms with Gasteiger partial charge in [0.2, 0.25) is 0 Å². The standard InChI is InChI=1S/C11H14N2O/c1-9(6-7-14)13-11-4-2-10(8-12)3-5-11/h2-5,9,13-14H,6-7H2,1H3. The Hall–Kier alpha value is -1.53. The number of anilines is 1. The van der Waals surface area contributed by atoms with Crippen LogP contribution in [0.1, 0.15) is 18.9 Å². The minimum absolute atomic E-state index is 0.185. The van der Waals surface area contributed by atoms with Crippen LogP contribution in [-0.2, 0) is 0 Å². The summed E-state index contributed by atoms with van der Waals surface area (Å²) in [5, 5.41) is 20.5. The van der Waals surface area contributed by atoms with Gasteiger partial charge in [0, 0.05) is 18.3 Å². The van der Waals surface area contributed by atoms with Gasteiger partial charge in [-0.3, -0.25) is 0 Å². The first-order chi connectivity index (χ1) is 6.76. The van der Waals surface area contributed by atoms with E-state index in [9.17, 15) is 0 Å². The molecule has 14 heavy (non-hydrogen) atoms. The molecule has 3 nitrogen and oxygen atoms in total. The zero-order valence-corrected chi connectivity index (χ0v) is 8.20. The lowest BCUT2D eigenvalue weighted by Gasteiger charge is -2.13. The molecule has 0 radical (unpaired) electrons. The van der Waals surface area contributed by atoms with E-state index >= 15 is 0 Å². The molecule has 1 atom stereocenters. The summed E-state index contributed by atoms with van der Waals surface area (Å²) in [7, 11) is 0. The number of nitrogens with zero attached hydrogens (tertiary/aromatic N) is 1. The highest BCUT2D eigenvalue weighted by Crippen LogP contribution is 2.10. The average molecular weight is 190 g/mol. The van der Waals surface area contributed by atoms with Gasteiger partial charge in [-0.15, -0.1) is 0 Å². The highest BCUT2D eigenvalue weighted by atomic mass is 16.3. The Kier molecular flexibility index (Phi) is 3.96. The minimum atomic E-state index is 0.185. The van der Waals surface area contributed by atoms with Crippen molar-refractivity contribution in [2.24, 2.45) is 0 Å². The van der Waals surface area contributed by atoms with Gasteiger partial charge in [0.05, 0.1) is 11.6 Å². The molecule has 0 aliphatic rings. The highest BCUT2D eigenvalue weighted by Gasteiger charge is 2.00. The number of rotatable bonds is 4. The van der Waals surface area contributed by atoms with Crippen LogP contribution in [0.3, 0.4) is 0 Å². The maximum atomic E-state index is 8.71. The maximum absolute atomic E-state index is 8.71. The van der Waals surface area contributed by atoms with Crippen LogP contribution in [0.5, 0.6) is 0 Å². The van der Waals surface area contributed by atoms with Crippen LogP contribution in [0.2, 0.25) is 0 Å². The fraction of sp³-hybridized carbons (Fsp3) is 0.364. The van der Waals surface area contributed by atoms with Crippen molar-refractivity contribution in [2.45, 2.75) is 19.4 Å². The van der Waals surface area contributed by atoms with E-state index in [1.54, 1.807) is 12.1 Å². The summed E-state index contributed by atoms with van der Waals surface area (Å²) in [6.45, 7) is 2.19. The maximum Gasteiger partial charge on any atom is 0.0991 e. The van der Waals surface area contributed by atoms with Crippen LogP contribution >= 0.6 is 0 Å². The minimum Gasteiger partial charge on any atom is -0.396 e. The first-order valence-electron chi connectivity index (χ1n) is 4.64. The second-order valence-corrected chi connectivity index (χ2v) is 3.25. The number of hydrogen-bond acceptors (Lipinski definition) is 3. The van der Waals surface area contributed by atoms with Crippen LogP contribution in [0.15, 0.2) is 24.3 Å². The molecule has 1 rings (SSSR count). The third kappa shape index (κ3) is 3.08. The van der Waals surface area contributed by atoms with Crippen molar-refractivity contribution in [3.63, 3.8) is 0 Å². The topological polar surface area (TPSA) is 56.0 Å². The van der Waals surface area contributed by atoms with Crippen LogP contribution in [0.4, 0.5) is 5.69 Å². The molecule has 1 aromatic carbocycles. The number of benzene rings is 1. The van der Waals surface area contributed by atoms with E-state index in [0.29, 0.717) is 5.56 Å². The van der Waals surface area contributed by atoms with Crippen LogP contribution in [0.25, 0.3) is 0 Å². The molecule has 0 heterocycles. The molecule has 1 aromatic rings. The van der Waals surface area contributed by atoms with Crippen molar-refractivity contribution in [3.05, 3.63) is 29.8 Å². The molecule has 1 unspecified atom stereocenters. The number of nitrogens with one attached hydrogen (secondary N) is 1.